The van der Waals surface area contributed by atoms with Crippen LogP contribution < -0.4 is 0 Å². The van der Waals surface area contributed by atoms with Gasteiger partial charge >= 0.3 is 0 Å². The van der Waals surface area contributed by atoms with E-state index in [0.717, 1.165) is 0 Å². The zero-order valence-electron chi connectivity index (χ0n) is 59.3. The van der Waals surface area contributed by atoms with Crippen molar-refractivity contribution in [1.29, 1.82) is 0 Å². The molecule has 0 unspecified atom stereocenters. The van der Waals surface area contributed by atoms with Crippen molar-refractivity contribution < 1.29 is 0 Å². The van der Waals surface area contributed by atoms with Crippen LogP contribution in [0.1, 0.15) is 489 Å². The summed E-state index contributed by atoms with van der Waals surface area (Å²) in [5, 5.41) is 0. The molecule has 0 amide bonds. The molecule has 0 N–H and O–H groups in total. The number of nitrogens with zero attached hydrogens (tertiary/aromatic N) is 1. The van der Waals surface area contributed by atoms with Crippen LogP contribution >= 0.6 is 0 Å². The summed E-state index contributed by atoms with van der Waals surface area (Å²) in [6.07, 6.45) is 113. The van der Waals surface area contributed by atoms with Crippen LogP contribution in [0, 0.1) is 0 Å². The predicted molar refractivity (Wildman–Crippen MR) is 389 cm³/mol. The zero-order chi connectivity index (χ0) is 59.9. The van der Waals surface area contributed by atoms with Crippen molar-refractivity contribution >= 4 is 6.85 Å². The van der Waals surface area contributed by atoms with Crippen LogP contribution in [0.25, 0.3) is 0 Å². The van der Waals surface area contributed by atoms with Gasteiger partial charge in [0.2, 0.25) is 0 Å². The molecule has 1 heterocycles. The highest BCUT2D eigenvalue weighted by molar-refractivity contribution is 6.62. The quantitative estimate of drug-likeness (QED) is 0.0433. The Balaban J connectivity index is 2.20. The van der Waals surface area contributed by atoms with E-state index in [4.69, 9.17) is 0 Å². The summed E-state index contributed by atoms with van der Waals surface area (Å²) in [4.78, 5) is 2.91. The van der Waals surface area contributed by atoms with Gasteiger partial charge < -0.3 is 4.81 Å². The van der Waals surface area contributed by atoms with E-state index >= 15 is 0 Å². The standard InChI is InChI=1S/C82H162BN/c1-4-7-10-13-16-19-22-25-28-31-34-37-40-43-46-49-52-55-58-61-64-67-70-73-77-82-78-76-80-83(79-74-71-68-65-62-59-56-53-50-47-44-41-38-35-32-29-26-23-20-17-14-11-8-5-2)84(82)81-75-72-69-66-63-60-57-54-51-48-45-42-39-36-33-30-27-24-21-18-15-12-9-6-3/h76,78,80H,4-75,77,79,81H2,1-3H3. The van der Waals surface area contributed by atoms with Gasteiger partial charge in [0.25, 0.3) is 6.85 Å². The van der Waals surface area contributed by atoms with E-state index in [2.05, 4.69) is 43.7 Å². The Morgan fingerprint density at radius 2 is 0.393 bits per heavy atom. The molecule has 0 saturated carbocycles. The molecule has 0 bridgehead atoms. The van der Waals surface area contributed by atoms with E-state index in [1.54, 1.807) is 5.70 Å². The largest absolute Gasteiger partial charge is 0.414 e. The maximum Gasteiger partial charge on any atom is 0.280 e. The zero-order valence-corrected chi connectivity index (χ0v) is 59.3. The molecule has 498 valence electrons. The molecule has 0 atom stereocenters. The van der Waals surface area contributed by atoms with Gasteiger partial charge in [-0.2, -0.15) is 0 Å². The van der Waals surface area contributed by atoms with Crippen molar-refractivity contribution in [2.24, 2.45) is 0 Å². The topological polar surface area (TPSA) is 3.24 Å². The van der Waals surface area contributed by atoms with Gasteiger partial charge in [-0.1, -0.05) is 482 Å². The van der Waals surface area contributed by atoms with Crippen LogP contribution in [0.4, 0.5) is 0 Å². The fraction of sp³-hybridized carbons (Fsp3) is 0.951. The first-order valence-corrected chi connectivity index (χ1v) is 41.0. The van der Waals surface area contributed by atoms with Gasteiger partial charge in [-0.15, -0.1) is 0 Å². The van der Waals surface area contributed by atoms with Crippen LogP contribution in [-0.4, -0.2) is 18.2 Å². The second kappa shape index (κ2) is 73.1. The van der Waals surface area contributed by atoms with Crippen molar-refractivity contribution in [3.8, 4) is 0 Å². The fourth-order valence-electron chi connectivity index (χ4n) is 14.3. The normalized spacial score (nSPS) is 12.7. The number of rotatable bonds is 75. The van der Waals surface area contributed by atoms with E-state index < -0.39 is 0 Å². The molecule has 0 spiro atoms. The second-order valence-corrected chi connectivity index (χ2v) is 28.7. The van der Waals surface area contributed by atoms with Gasteiger partial charge in [-0.05, 0) is 31.7 Å². The third-order valence-electron chi connectivity index (χ3n) is 20.3. The van der Waals surface area contributed by atoms with Gasteiger partial charge in [-0.3, -0.25) is 0 Å². The fourth-order valence-corrected chi connectivity index (χ4v) is 14.3. The summed E-state index contributed by atoms with van der Waals surface area (Å²) < 4.78 is 0. The Morgan fingerprint density at radius 1 is 0.214 bits per heavy atom. The van der Waals surface area contributed by atoms with Crippen LogP contribution in [0.2, 0.25) is 6.32 Å². The monoisotopic (exact) mass is 1170 g/mol. The summed E-state index contributed by atoms with van der Waals surface area (Å²) in [5.41, 5.74) is 1.68. The van der Waals surface area contributed by atoms with E-state index in [-0.39, 0.29) is 0 Å². The van der Waals surface area contributed by atoms with Gasteiger partial charge in [0.1, 0.15) is 0 Å². The highest BCUT2D eigenvalue weighted by Gasteiger charge is 2.24. The maximum atomic E-state index is 2.91. The molecule has 0 radical (unpaired) electrons. The summed E-state index contributed by atoms with van der Waals surface area (Å²) in [7, 11) is 0. The van der Waals surface area contributed by atoms with Crippen molar-refractivity contribution in [2.45, 2.75) is 496 Å². The molecule has 0 aliphatic carbocycles. The van der Waals surface area contributed by atoms with E-state index in [9.17, 15) is 0 Å². The molecular weight excluding hydrogens is 1010 g/mol. The lowest BCUT2D eigenvalue weighted by Crippen LogP contribution is -2.39. The highest BCUT2D eigenvalue weighted by Crippen LogP contribution is 2.26. The molecule has 0 fully saturated rings. The SMILES string of the molecule is CCCCCCCCCCCCCCCCCCCCCCCCCCB1C=CC=C(CCCCCCCCCCCCCCCCCCCCCCCCCC)N1CCCCCCCCCCCCCCCCCCCCCCCCCC. The molecule has 2 heteroatoms. The van der Waals surface area contributed by atoms with E-state index in [1.165, 1.54) is 482 Å². The summed E-state index contributed by atoms with van der Waals surface area (Å²) in [5.74, 6) is 2.58. The van der Waals surface area contributed by atoms with Crippen molar-refractivity contribution in [3.63, 3.8) is 0 Å². The third kappa shape index (κ3) is 62.9. The van der Waals surface area contributed by atoms with E-state index in [1.807, 2.05) is 0 Å². The summed E-state index contributed by atoms with van der Waals surface area (Å²) >= 11 is 0. The molecule has 0 aromatic carbocycles. The van der Waals surface area contributed by atoms with Crippen LogP contribution in [0.3, 0.4) is 0 Å². The summed E-state index contributed by atoms with van der Waals surface area (Å²) in [6.45, 7) is 8.90. The maximum absolute atomic E-state index is 2.91. The molecule has 84 heavy (non-hydrogen) atoms. The average Bonchev–Trinajstić information content (AvgIpc) is 3.56. The van der Waals surface area contributed by atoms with Gasteiger partial charge in [0, 0.05) is 12.2 Å². The number of hydrogen-bond acceptors (Lipinski definition) is 1. The lowest BCUT2D eigenvalue weighted by Gasteiger charge is -2.35. The van der Waals surface area contributed by atoms with Crippen molar-refractivity contribution in [2.75, 3.05) is 6.54 Å². The number of allylic oxidation sites excluding steroid dienone is 3. The Morgan fingerprint density at radius 3 is 0.607 bits per heavy atom. The Labute approximate surface area is 535 Å². The molecule has 1 rings (SSSR count). The molecule has 0 saturated heterocycles. The predicted octanol–water partition coefficient (Wildman–Crippen LogP) is 30.8. The lowest BCUT2D eigenvalue weighted by atomic mass is 9.54. The molecule has 1 nitrogen and oxygen atoms in total. The Kier molecular flexibility index (Phi) is 70.8. The Bertz CT molecular complexity index is 1240. The minimum absolute atomic E-state index is 0.642. The first-order chi connectivity index (χ1) is 41.8. The van der Waals surface area contributed by atoms with Gasteiger partial charge in [0.15, 0.2) is 0 Å². The highest BCUT2D eigenvalue weighted by atomic mass is 15.1. The lowest BCUT2D eigenvalue weighted by molar-refractivity contribution is 0.453. The first-order valence-electron chi connectivity index (χ1n) is 41.0. The minimum Gasteiger partial charge on any atom is -0.414 e. The molecule has 1 aliphatic rings. The van der Waals surface area contributed by atoms with E-state index in [0.29, 0.717) is 6.85 Å². The van der Waals surface area contributed by atoms with Crippen LogP contribution in [0.5, 0.6) is 0 Å². The summed E-state index contributed by atoms with van der Waals surface area (Å²) in [6, 6.07) is 0. The second-order valence-electron chi connectivity index (χ2n) is 28.7. The molecule has 0 aromatic rings. The van der Waals surface area contributed by atoms with Crippen molar-refractivity contribution in [3.05, 3.63) is 23.8 Å². The third-order valence-corrected chi connectivity index (χ3v) is 20.3. The van der Waals surface area contributed by atoms with Gasteiger partial charge in [0.05, 0.1) is 0 Å². The number of unbranched alkanes of at least 4 members (excludes halogenated alkanes) is 69. The first kappa shape index (κ1) is 81.4. The smallest absolute Gasteiger partial charge is 0.280 e. The van der Waals surface area contributed by atoms with Crippen molar-refractivity contribution in [1.82, 2.24) is 4.81 Å². The van der Waals surface area contributed by atoms with Gasteiger partial charge in [-0.25, -0.2) is 0 Å². The molecule has 0 aromatic heterocycles. The minimum atomic E-state index is 0.642. The molecule has 1 aliphatic heterocycles. The number of hydrogen-bond donors (Lipinski definition) is 0. The molecular formula is C82H162BN. The van der Waals surface area contributed by atoms with Crippen LogP contribution in [0.15, 0.2) is 23.8 Å². The Hall–Kier alpha value is -0.655. The average molecular weight is 1170 g/mol. The van der Waals surface area contributed by atoms with Crippen LogP contribution in [-0.2, 0) is 0 Å².